The number of carbonyl (C=O) groups is 1. The van der Waals surface area contributed by atoms with Gasteiger partial charge in [-0.2, -0.15) is 26.3 Å². The summed E-state index contributed by atoms with van der Waals surface area (Å²) in [6.07, 6.45) is -11.4. The Morgan fingerprint density at radius 3 is 2.27 bits per heavy atom. The second kappa shape index (κ2) is 8.29. The van der Waals surface area contributed by atoms with Gasteiger partial charge >= 0.3 is 12.4 Å². The highest BCUT2D eigenvalue weighted by Crippen LogP contribution is 2.37. The molecule has 30 heavy (non-hydrogen) atoms. The molecule has 3 rings (SSSR count). The molecular formula is C19H13BrF6N2O2. The second-order valence-corrected chi connectivity index (χ2v) is 7.39. The van der Waals surface area contributed by atoms with Crippen molar-refractivity contribution in [2.24, 2.45) is 5.16 Å². The SMILES string of the molecule is O=C(NCc1cccc(Br)c1)C1CC(c2cc(C(F)(F)F)cc(C(F)(F)F)c2)=NO1. The zero-order valence-corrected chi connectivity index (χ0v) is 16.5. The summed E-state index contributed by atoms with van der Waals surface area (Å²) in [5.41, 5.74) is -2.71. The molecular weight excluding hydrogens is 482 g/mol. The first-order valence-corrected chi connectivity index (χ1v) is 9.27. The van der Waals surface area contributed by atoms with Gasteiger partial charge in [-0.05, 0) is 35.9 Å². The summed E-state index contributed by atoms with van der Waals surface area (Å²) < 4.78 is 78.9. The fourth-order valence-electron chi connectivity index (χ4n) is 2.76. The van der Waals surface area contributed by atoms with Crippen LogP contribution in [0.4, 0.5) is 26.3 Å². The first-order chi connectivity index (χ1) is 13.9. The van der Waals surface area contributed by atoms with E-state index in [1.165, 1.54) is 0 Å². The molecule has 11 heteroatoms. The lowest BCUT2D eigenvalue weighted by atomic mass is 9.98. The minimum atomic E-state index is -4.98. The molecule has 1 aliphatic rings. The summed E-state index contributed by atoms with van der Waals surface area (Å²) in [6.45, 7) is 0.162. The maximum atomic E-state index is 13.0. The van der Waals surface area contributed by atoms with Crippen LogP contribution in [0.3, 0.4) is 0 Å². The molecule has 1 aliphatic heterocycles. The van der Waals surface area contributed by atoms with Crippen molar-refractivity contribution >= 4 is 27.5 Å². The lowest BCUT2D eigenvalue weighted by Crippen LogP contribution is -2.34. The van der Waals surface area contributed by atoms with E-state index < -0.39 is 41.1 Å². The van der Waals surface area contributed by atoms with E-state index in [2.05, 4.69) is 26.4 Å². The average molecular weight is 495 g/mol. The fraction of sp³-hybridized carbons (Fsp3) is 0.263. The highest BCUT2D eigenvalue weighted by molar-refractivity contribution is 9.10. The molecule has 0 bridgehead atoms. The van der Waals surface area contributed by atoms with Gasteiger partial charge in [-0.15, -0.1) is 0 Å². The molecule has 0 aromatic heterocycles. The molecule has 1 atom stereocenters. The Labute approximate surface area is 175 Å². The molecule has 0 saturated carbocycles. The van der Waals surface area contributed by atoms with E-state index in [0.717, 1.165) is 10.0 Å². The van der Waals surface area contributed by atoms with Gasteiger partial charge in [0.05, 0.1) is 16.8 Å². The van der Waals surface area contributed by atoms with Crippen LogP contribution in [0.15, 0.2) is 52.1 Å². The predicted octanol–water partition coefficient (Wildman–Crippen LogP) is 5.30. The van der Waals surface area contributed by atoms with Gasteiger partial charge in [-0.25, -0.2) is 0 Å². The van der Waals surface area contributed by atoms with E-state index in [-0.39, 0.29) is 24.7 Å². The number of rotatable bonds is 4. The predicted molar refractivity (Wildman–Crippen MR) is 98.5 cm³/mol. The molecule has 0 saturated heterocycles. The summed E-state index contributed by atoms with van der Waals surface area (Å²) in [5, 5.41) is 6.13. The van der Waals surface area contributed by atoms with Crippen LogP contribution in [0.5, 0.6) is 0 Å². The number of carbonyl (C=O) groups excluding carboxylic acids is 1. The summed E-state index contributed by atoms with van der Waals surface area (Å²) in [7, 11) is 0. The third-order valence-corrected chi connectivity index (χ3v) is 4.73. The smallest absolute Gasteiger partial charge is 0.382 e. The fourth-order valence-corrected chi connectivity index (χ4v) is 3.21. The molecule has 160 valence electrons. The molecule has 0 fully saturated rings. The summed E-state index contributed by atoms with van der Waals surface area (Å²) in [6, 6.07) is 8.25. The minimum absolute atomic E-state index is 0.0298. The van der Waals surface area contributed by atoms with Crippen molar-refractivity contribution in [1.29, 1.82) is 0 Å². The Kier molecular flexibility index (Phi) is 6.11. The summed E-state index contributed by atoms with van der Waals surface area (Å²) in [4.78, 5) is 17.2. The van der Waals surface area contributed by atoms with Crippen molar-refractivity contribution in [2.75, 3.05) is 0 Å². The molecule has 0 radical (unpaired) electrons. The standard InChI is InChI=1S/C19H13BrF6N2O2/c20-14-3-1-2-10(4-14)9-27-17(29)16-8-15(28-30-16)11-5-12(18(21,22)23)7-13(6-11)19(24,25)26/h1-7,16H,8-9H2,(H,27,29). The van der Waals surface area contributed by atoms with Crippen LogP contribution in [0.1, 0.15) is 28.7 Å². The lowest BCUT2D eigenvalue weighted by molar-refractivity contribution is -0.143. The van der Waals surface area contributed by atoms with Crippen molar-refractivity contribution in [3.8, 4) is 0 Å². The minimum Gasteiger partial charge on any atom is -0.382 e. The number of benzene rings is 2. The molecule has 2 aromatic carbocycles. The molecule has 1 N–H and O–H groups in total. The third kappa shape index (κ3) is 5.32. The van der Waals surface area contributed by atoms with E-state index in [9.17, 15) is 31.1 Å². The summed E-state index contributed by atoms with van der Waals surface area (Å²) >= 11 is 3.29. The lowest BCUT2D eigenvalue weighted by Gasteiger charge is -2.14. The van der Waals surface area contributed by atoms with Crippen LogP contribution in [0.2, 0.25) is 0 Å². The van der Waals surface area contributed by atoms with Crippen molar-refractivity contribution < 1.29 is 36.0 Å². The summed E-state index contributed by atoms with van der Waals surface area (Å²) in [5.74, 6) is -0.586. The number of alkyl halides is 6. The van der Waals surface area contributed by atoms with Crippen molar-refractivity contribution in [2.45, 2.75) is 31.4 Å². The van der Waals surface area contributed by atoms with Gasteiger partial charge in [-0.1, -0.05) is 33.2 Å². The zero-order chi connectivity index (χ0) is 22.1. The number of hydrogen-bond donors (Lipinski definition) is 1. The Morgan fingerprint density at radius 2 is 1.70 bits per heavy atom. The average Bonchev–Trinajstić information content (AvgIpc) is 3.15. The Bertz CT molecular complexity index is 955. The second-order valence-electron chi connectivity index (χ2n) is 6.48. The van der Waals surface area contributed by atoms with Crippen molar-refractivity contribution in [3.63, 3.8) is 0 Å². The zero-order valence-electron chi connectivity index (χ0n) is 14.9. The maximum absolute atomic E-state index is 13.0. The van der Waals surface area contributed by atoms with Gasteiger partial charge in [0.2, 0.25) is 6.10 Å². The topological polar surface area (TPSA) is 50.7 Å². The quantitative estimate of drug-likeness (QED) is 0.586. The van der Waals surface area contributed by atoms with Gasteiger partial charge in [0.15, 0.2) is 0 Å². The third-order valence-electron chi connectivity index (χ3n) is 4.24. The first kappa shape index (κ1) is 22.1. The van der Waals surface area contributed by atoms with Crippen LogP contribution in [0.25, 0.3) is 0 Å². The first-order valence-electron chi connectivity index (χ1n) is 8.48. The van der Waals surface area contributed by atoms with E-state index >= 15 is 0 Å². The molecule has 1 unspecified atom stereocenters. The molecule has 0 spiro atoms. The van der Waals surface area contributed by atoms with Gasteiger partial charge in [0, 0.05) is 23.0 Å². The molecule has 2 aromatic rings. The number of oxime groups is 1. The highest BCUT2D eigenvalue weighted by atomic mass is 79.9. The number of halogens is 7. The van der Waals surface area contributed by atoms with E-state index in [1.807, 2.05) is 0 Å². The molecule has 0 aliphatic carbocycles. The number of amides is 1. The van der Waals surface area contributed by atoms with E-state index in [4.69, 9.17) is 4.84 Å². The van der Waals surface area contributed by atoms with Crippen LogP contribution >= 0.6 is 15.9 Å². The van der Waals surface area contributed by atoms with Gasteiger partial charge in [0.25, 0.3) is 5.91 Å². The number of hydrogen-bond acceptors (Lipinski definition) is 3. The number of nitrogens with one attached hydrogen (secondary N) is 1. The van der Waals surface area contributed by atoms with Crippen molar-refractivity contribution in [3.05, 3.63) is 69.2 Å². The van der Waals surface area contributed by atoms with Gasteiger partial charge < -0.3 is 10.2 Å². The normalized spacial score (nSPS) is 16.8. The van der Waals surface area contributed by atoms with E-state index in [1.54, 1.807) is 24.3 Å². The molecule has 4 nitrogen and oxygen atoms in total. The monoisotopic (exact) mass is 494 g/mol. The highest BCUT2D eigenvalue weighted by Gasteiger charge is 2.38. The largest absolute Gasteiger partial charge is 0.416 e. The van der Waals surface area contributed by atoms with Crippen molar-refractivity contribution in [1.82, 2.24) is 5.32 Å². The number of nitrogens with zero attached hydrogens (tertiary/aromatic N) is 1. The molecule has 1 amide bonds. The van der Waals surface area contributed by atoms with Gasteiger partial charge in [-0.3, -0.25) is 4.79 Å². The maximum Gasteiger partial charge on any atom is 0.416 e. The van der Waals surface area contributed by atoms with Crippen LogP contribution < -0.4 is 5.32 Å². The Balaban J connectivity index is 1.73. The Morgan fingerprint density at radius 1 is 1.07 bits per heavy atom. The van der Waals surface area contributed by atoms with E-state index in [0.29, 0.717) is 12.1 Å². The van der Waals surface area contributed by atoms with Crippen LogP contribution in [0, 0.1) is 0 Å². The molecule has 1 heterocycles. The van der Waals surface area contributed by atoms with Crippen LogP contribution in [-0.2, 0) is 28.5 Å². The van der Waals surface area contributed by atoms with Crippen LogP contribution in [-0.4, -0.2) is 17.7 Å². The Hall–Kier alpha value is -2.56. The van der Waals surface area contributed by atoms with Gasteiger partial charge in [0.1, 0.15) is 0 Å².